The topological polar surface area (TPSA) is 81.5 Å². The fourth-order valence-corrected chi connectivity index (χ4v) is 4.50. The van der Waals surface area contributed by atoms with Gasteiger partial charge in [0, 0.05) is 7.05 Å². The van der Waals surface area contributed by atoms with Gasteiger partial charge in [-0.2, -0.15) is 10.1 Å². The lowest BCUT2D eigenvalue weighted by Crippen LogP contribution is -2.36. The number of nitrogens with one attached hydrogen (secondary N) is 1. The number of thiazole rings is 1. The Morgan fingerprint density at radius 3 is 2.58 bits per heavy atom. The molecule has 172 valence electrons. The van der Waals surface area contributed by atoms with Gasteiger partial charge in [-0.05, 0) is 55.8 Å². The van der Waals surface area contributed by atoms with Gasteiger partial charge in [-0.15, -0.1) is 0 Å². The largest absolute Gasteiger partial charge is 0.497 e. The Bertz CT molecular complexity index is 1270. The molecule has 4 rings (SSSR count). The van der Waals surface area contributed by atoms with Crippen molar-refractivity contribution in [2.75, 3.05) is 32.7 Å². The van der Waals surface area contributed by atoms with Gasteiger partial charge in [0.25, 0.3) is 0 Å². The van der Waals surface area contributed by atoms with E-state index in [1.807, 2.05) is 79.0 Å². The summed E-state index contributed by atoms with van der Waals surface area (Å²) in [6, 6.07) is 15.2. The van der Waals surface area contributed by atoms with Crippen molar-refractivity contribution in [1.29, 1.82) is 0 Å². The van der Waals surface area contributed by atoms with Crippen LogP contribution in [-0.4, -0.2) is 48.5 Å². The van der Waals surface area contributed by atoms with Crippen molar-refractivity contribution in [3.05, 3.63) is 59.8 Å². The normalized spacial score (nSPS) is 11.9. The highest BCUT2D eigenvalue weighted by molar-refractivity contribution is 7.22. The Kier molecular flexibility index (Phi) is 6.50. The highest BCUT2D eigenvalue weighted by atomic mass is 32.1. The molecule has 0 saturated heterocycles. The molecule has 0 fully saturated rings. The number of rotatable bonds is 8. The molecule has 0 aliphatic carbocycles. The molecular formula is C24H27N5O3S. The number of nitrogens with zero attached hydrogens (tertiary/aromatic N) is 4. The molecule has 0 aliphatic heterocycles. The van der Waals surface area contributed by atoms with Gasteiger partial charge in [0.1, 0.15) is 11.5 Å². The smallest absolute Gasteiger partial charge is 0.240 e. The zero-order valence-corrected chi connectivity index (χ0v) is 20.1. The number of hydrogen-bond donors (Lipinski definition) is 1. The molecule has 1 N–H and O–H groups in total. The molecule has 4 aromatic rings. The molecule has 0 saturated carbocycles. The minimum Gasteiger partial charge on any atom is -0.497 e. The van der Waals surface area contributed by atoms with Crippen LogP contribution < -0.4 is 19.7 Å². The number of carbonyl (C=O) groups excluding carboxylic acids is 1. The van der Waals surface area contributed by atoms with E-state index in [4.69, 9.17) is 14.5 Å². The number of carbonyl (C=O) groups is 1. The second-order valence-corrected chi connectivity index (χ2v) is 8.74. The molecule has 0 bridgehead atoms. The van der Waals surface area contributed by atoms with Crippen LogP contribution in [-0.2, 0) is 4.79 Å². The van der Waals surface area contributed by atoms with Crippen LogP contribution in [0.2, 0.25) is 0 Å². The van der Waals surface area contributed by atoms with Crippen molar-refractivity contribution in [3.8, 4) is 17.2 Å². The number of methoxy groups -OCH3 is 2. The third-order valence-corrected chi connectivity index (χ3v) is 6.64. The molecule has 0 spiro atoms. The van der Waals surface area contributed by atoms with Crippen LogP contribution in [0, 0.1) is 6.92 Å². The number of likely N-dealkylation sites (N-methyl/N-ethyl adjacent to an activating group) is 1. The number of aryl methyl sites for hydroxylation is 1. The maximum absolute atomic E-state index is 12.7. The lowest BCUT2D eigenvalue weighted by atomic mass is 10.1. The predicted molar refractivity (Wildman–Crippen MR) is 131 cm³/mol. The van der Waals surface area contributed by atoms with Crippen LogP contribution >= 0.6 is 11.3 Å². The zero-order valence-electron chi connectivity index (χ0n) is 19.3. The number of hydrogen-bond acceptors (Lipinski definition) is 7. The first kappa shape index (κ1) is 22.6. The van der Waals surface area contributed by atoms with Crippen molar-refractivity contribution < 1.29 is 14.3 Å². The molecule has 0 aliphatic rings. The third-order valence-electron chi connectivity index (χ3n) is 5.37. The number of benzene rings is 2. The van der Waals surface area contributed by atoms with Gasteiger partial charge in [-0.1, -0.05) is 23.5 Å². The summed E-state index contributed by atoms with van der Waals surface area (Å²) in [6.45, 7) is 4.11. The number of aromatic nitrogens is 3. The maximum Gasteiger partial charge on any atom is 0.240 e. The molecule has 0 radical (unpaired) electrons. The lowest BCUT2D eigenvalue weighted by Gasteiger charge is -2.19. The van der Waals surface area contributed by atoms with E-state index >= 15 is 0 Å². The average Bonchev–Trinajstić information content (AvgIpc) is 3.40. The fourth-order valence-electron chi connectivity index (χ4n) is 3.55. The van der Waals surface area contributed by atoms with E-state index in [1.165, 1.54) is 11.3 Å². The maximum atomic E-state index is 12.7. The van der Waals surface area contributed by atoms with Gasteiger partial charge in [-0.3, -0.25) is 4.79 Å². The Hall–Kier alpha value is -3.59. The standard InChI is InChI=1S/C24H27N5O3S/c1-15(17-7-6-8-20(13-17)32-5)25-21(30)14-28(3)24-26-23-22(33-24)16(2)27-29(23)18-9-11-19(31-4)12-10-18/h6-13,15H,14H2,1-5H3,(H,25,30)/t15-/m0/s1. The van der Waals surface area contributed by atoms with Crippen molar-refractivity contribution in [3.63, 3.8) is 0 Å². The second-order valence-electron chi connectivity index (χ2n) is 7.77. The van der Waals surface area contributed by atoms with Gasteiger partial charge >= 0.3 is 0 Å². The Morgan fingerprint density at radius 2 is 1.88 bits per heavy atom. The molecule has 33 heavy (non-hydrogen) atoms. The Labute approximate surface area is 196 Å². The number of anilines is 1. The molecule has 8 nitrogen and oxygen atoms in total. The average molecular weight is 466 g/mol. The fraction of sp³-hybridized carbons (Fsp3) is 0.292. The van der Waals surface area contributed by atoms with E-state index in [1.54, 1.807) is 14.2 Å². The van der Waals surface area contributed by atoms with Crippen molar-refractivity contribution in [1.82, 2.24) is 20.1 Å². The van der Waals surface area contributed by atoms with E-state index in [0.29, 0.717) is 0 Å². The third kappa shape index (κ3) is 4.78. The van der Waals surface area contributed by atoms with Gasteiger partial charge in [-0.25, -0.2) is 4.68 Å². The van der Waals surface area contributed by atoms with Crippen molar-refractivity contribution >= 4 is 32.7 Å². The number of amides is 1. The minimum atomic E-state index is -0.137. The van der Waals surface area contributed by atoms with Crippen LogP contribution in [0.3, 0.4) is 0 Å². The Morgan fingerprint density at radius 1 is 1.15 bits per heavy atom. The summed E-state index contributed by atoms with van der Waals surface area (Å²) in [5.74, 6) is 1.47. The summed E-state index contributed by atoms with van der Waals surface area (Å²) in [7, 11) is 5.14. The highest BCUT2D eigenvalue weighted by Gasteiger charge is 2.19. The molecule has 2 heterocycles. The van der Waals surface area contributed by atoms with E-state index in [9.17, 15) is 4.79 Å². The molecule has 9 heteroatoms. The van der Waals surface area contributed by atoms with Gasteiger partial charge < -0.3 is 19.7 Å². The summed E-state index contributed by atoms with van der Waals surface area (Å²) in [5, 5.41) is 8.45. The highest BCUT2D eigenvalue weighted by Crippen LogP contribution is 2.32. The van der Waals surface area contributed by atoms with Gasteiger partial charge in [0.15, 0.2) is 10.8 Å². The SMILES string of the molecule is COc1ccc(-n2nc(C)c3sc(N(C)CC(=O)N[C@@H](C)c4cccc(OC)c4)nc32)cc1. The van der Waals surface area contributed by atoms with Gasteiger partial charge in [0.2, 0.25) is 5.91 Å². The number of ether oxygens (including phenoxy) is 2. The van der Waals surface area contributed by atoms with Crippen molar-refractivity contribution in [2.24, 2.45) is 0 Å². The first-order chi connectivity index (χ1) is 15.9. The minimum absolute atomic E-state index is 0.0828. The van der Waals surface area contributed by atoms with Crippen LogP contribution in [0.5, 0.6) is 11.5 Å². The molecule has 2 aromatic carbocycles. The zero-order chi connectivity index (χ0) is 23.5. The predicted octanol–water partition coefficient (Wildman–Crippen LogP) is 4.12. The summed E-state index contributed by atoms with van der Waals surface area (Å²) in [5.41, 5.74) is 3.56. The molecule has 0 unspecified atom stereocenters. The summed E-state index contributed by atoms with van der Waals surface area (Å²) < 4.78 is 13.3. The monoisotopic (exact) mass is 465 g/mol. The van der Waals surface area contributed by atoms with E-state index in [-0.39, 0.29) is 18.5 Å². The van der Waals surface area contributed by atoms with E-state index < -0.39 is 0 Å². The van der Waals surface area contributed by atoms with E-state index in [2.05, 4.69) is 10.4 Å². The van der Waals surface area contributed by atoms with Crippen molar-refractivity contribution in [2.45, 2.75) is 19.9 Å². The van der Waals surface area contributed by atoms with E-state index in [0.717, 1.165) is 43.9 Å². The summed E-state index contributed by atoms with van der Waals surface area (Å²) in [4.78, 5) is 19.3. The van der Waals surface area contributed by atoms with Crippen LogP contribution in [0.1, 0.15) is 24.2 Å². The molecule has 1 atom stereocenters. The number of fused-ring (bicyclic) bond motifs is 1. The van der Waals surface area contributed by atoms with Crippen LogP contribution in [0.15, 0.2) is 48.5 Å². The summed E-state index contributed by atoms with van der Waals surface area (Å²) in [6.07, 6.45) is 0. The second kappa shape index (κ2) is 9.50. The van der Waals surface area contributed by atoms with Crippen LogP contribution in [0.4, 0.5) is 5.13 Å². The quantitative estimate of drug-likeness (QED) is 0.422. The van der Waals surface area contributed by atoms with Gasteiger partial charge in [0.05, 0.1) is 42.9 Å². The lowest BCUT2D eigenvalue weighted by molar-refractivity contribution is -0.120. The summed E-state index contributed by atoms with van der Waals surface area (Å²) >= 11 is 1.53. The molecule has 1 amide bonds. The van der Waals surface area contributed by atoms with Crippen LogP contribution in [0.25, 0.3) is 16.0 Å². The molecular weight excluding hydrogens is 438 g/mol. The molecule has 2 aromatic heterocycles. The first-order valence-electron chi connectivity index (χ1n) is 10.5. The Balaban J connectivity index is 1.48. The first-order valence-corrected chi connectivity index (χ1v) is 11.4.